The van der Waals surface area contributed by atoms with Gasteiger partial charge in [-0.15, -0.1) is 0 Å². The van der Waals surface area contributed by atoms with Crippen LogP contribution in [0.3, 0.4) is 0 Å². The van der Waals surface area contributed by atoms with Crippen molar-refractivity contribution in [2.75, 3.05) is 25.0 Å². The van der Waals surface area contributed by atoms with Crippen molar-refractivity contribution in [3.8, 4) is 0 Å². The van der Waals surface area contributed by atoms with Crippen molar-refractivity contribution in [1.29, 1.82) is 0 Å². The maximum Gasteiger partial charge on any atom is 0.229 e. The van der Waals surface area contributed by atoms with Crippen LogP contribution in [-0.4, -0.2) is 51.9 Å². The first-order valence-corrected chi connectivity index (χ1v) is 8.87. The highest BCUT2D eigenvalue weighted by Gasteiger charge is 2.51. The summed E-state index contributed by atoms with van der Waals surface area (Å²) in [5, 5.41) is 0. The van der Waals surface area contributed by atoms with E-state index in [0.29, 0.717) is 5.91 Å². The minimum Gasteiger partial charge on any atom is -0.342 e. The van der Waals surface area contributed by atoms with E-state index >= 15 is 0 Å². The molecule has 4 rings (SSSR count). The summed E-state index contributed by atoms with van der Waals surface area (Å²) in [6, 6.07) is 8.04. The first-order chi connectivity index (χ1) is 12.2. The fourth-order valence-corrected chi connectivity index (χ4v) is 4.19. The minimum absolute atomic E-state index is 0.223. The summed E-state index contributed by atoms with van der Waals surface area (Å²) < 4.78 is 0. The third kappa shape index (κ3) is 2.97. The highest BCUT2D eigenvalue weighted by molar-refractivity contribution is 5.85. The monoisotopic (exact) mass is 337 g/mol. The number of anilines is 1. The van der Waals surface area contributed by atoms with Crippen LogP contribution in [0.2, 0.25) is 0 Å². The predicted octanol–water partition coefficient (Wildman–Crippen LogP) is 1.93. The van der Waals surface area contributed by atoms with E-state index < -0.39 is 0 Å². The third-order valence-electron chi connectivity index (χ3n) is 5.67. The molecular weight excluding hydrogens is 314 g/mol. The standard InChI is InChI=1S/C19H23N5O/c1-23-16(13-15-5-2-3-8-20-15)14-19(17(23)25)6-11-24(12-7-19)18-21-9-4-10-22-18/h2-5,8-10,16H,6-7,11-14H2,1H3/t16-/m0/s1. The van der Waals surface area contributed by atoms with Crippen LogP contribution in [0.1, 0.15) is 25.0 Å². The molecule has 2 saturated heterocycles. The number of carbonyl (C=O) groups excluding carboxylic acids is 1. The van der Waals surface area contributed by atoms with Crippen LogP contribution < -0.4 is 4.90 Å². The lowest BCUT2D eigenvalue weighted by Gasteiger charge is -2.37. The van der Waals surface area contributed by atoms with Crippen molar-refractivity contribution >= 4 is 11.9 Å². The van der Waals surface area contributed by atoms with E-state index in [2.05, 4.69) is 19.9 Å². The van der Waals surface area contributed by atoms with Crippen molar-refractivity contribution in [2.24, 2.45) is 5.41 Å². The Morgan fingerprint density at radius 3 is 2.48 bits per heavy atom. The Kier molecular flexibility index (Phi) is 4.11. The van der Waals surface area contributed by atoms with Crippen molar-refractivity contribution in [3.63, 3.8) is 0 Å². The number of aromatic nitrogens is 3. The first-order valence-electron chi connectivity index (χ1n) is 8.87. The fourth-order valence-electron chi connectivity index (χ4n) is 4.19. The molecule has 6 heteroatoms. The van der Waals surface area contributed by atoms with Crippen LogP contribution in [0.4, 0.5) is 5.95 Å². The normalized spacial score (nSPS) is 22.6. The second-order valence-corrected chi connectivity index (χ2v) is 7.12. The van der Waals surface area contributed by atoms with Gasteiger partial charge in [0.2, 0.25) is 11.9 Å². The van der Waals surface area contributed by atoms with Gasteiger partial charge in [-0.05, 0) is 37.5 Å². The lowest BCUT2D eigenvalue weighted by molar-refractivity contribution is -0.136. The molecular formula is C19H23N5O. The van der Waals surface area contributed by atoms with Gasteiger partial charge in [0.25, 0.3) is 0 Å². The molecule has 6 nitrogen and oxygen atoms in total. The predicted molar refractivity (Wildman–Crippen MR) is 95.0 cm³/mol. The van der Waals surface area contributed by atoms with Gasteiger partial charge >= 0.3 is 0 Å². The van der Waals surface area contributed by atoms with Gasteiger partial charge in [-0.1, -0.05) is 6.07 Å². The lowest BCUT2D eigenvalue weighted by Crippen LogP contribution is -2.44. The zero-order valence-electron chi connectivity index (χ0n) is 14.5. The van der Waals surface area contributed by atoms with Gasteiger partial charge < -0.3 is 9.80 Å². The van der Waals surface area contributed by atoms with Crippen molar-refractivity contribution in [2.45, 2.75) is 31.7 Å². The van der Waals surface area contributed by atoms with E-state index in [1.807, 2.05) is 42.4 Å². The quantitative estimate of drug-likeness (QED) is 0.856. The van der Waals surface area contributed by atoms with E-state index in [1.165, 1.54) is 0 Å². The molecule has 0 bridgehead atoms. The fraction of sp³-hybridized carbons (Fsp3) is 0.474. The highest BCUT2D eigenvalue weighted by Crippen LogP contribution is 2.44. The molecule has 1 spiro atoms. The minimum atomic E-state index is -0.223. The molecule has 0 N–H and O–H groups in total. The number of nitrogens with zero attached hydrogens (tertiary/aromatic N) is 5. The van der Waals surface area contributed by atoms with Gasteiger partial charge in [0, 0.05) is 56.9 Å². The molecule has 0 saturated carbocycles. The largest absolute Gasteiger partial charge is 0.342 e. The first kappa shape index (κ1) is 16.0. The third-order valence-corrected chi connectivity index (χ3v) is 5.67. The molecule has 2 aromatic rings. The molecule has 1 atom stereocenters. The zero-order chi connectivity index (χ0) is 17.3. The van der Waals surface area contributed by atoms with E-state index in [4.69, 9.17) is 0 Å². The van der Waals surface area contributed by atoms with Crippen LogP contribution in [0.5, 0.6) is 0 Å². The Balaban J connectivity index is 1.45. The number of carbonyl (C=O) groups is 1. The average Bonchev–Trinajstić information content (AvgIpc) is 2.89. The van der Waals surface area contributed by atoms with E-state index in [1.54, 1.807) is 12.4 Å². The number of hydrogen-bond donors (Lipinski definition) is 0. The highest BCUT2D eigenvalue weighted by atomic mass is 16.2. The molecule has 0 aliphatic carbocycles. The Bertz CT molecular complexity index is 728. The number of hydrogen-bond acceptors (Lipinski definition) is 5. The summed E-state index contributed by atoms with van der Waals surface area (Å²) >= 11 is 0. The van der Waals surface area contributed by atoms with Crippen LogP contribution in [0, 0.1) is 5.41 Å². The number of piperidine rings is 1. The van der Waals surface area contributed by atoms with Gasteiger partial charge in [0.05, 0.1) is 5.41 Å². The second kappa shape index (κ2) is 6.43. The Hall–Kier alpha value is -2.50. The SMILES string of the molecule is CN1C(=O)C2(CCN(c3ncccn3)CC2)C[C@@H]1Cc1ccccn1. The molecule has 2 aromatic heterocycles. The molecule has 4 heterocycles. The van der Waals surface area contributed by atoms with Crippen LogP contribution in [-0.2, 0) is 11.2 Å². The van der Waals surface area contributed by atoms with Crippen LogP contribution in [0.15, 0.2) is 42.9 Å². The molecule has 130 valence electrons. The summed E-state index contributed by atoms with van der Waals surface area (Å²) in [6.07, 6.45) is 8.84. The molecule has 0 unspecified atom stereocenters. The summed E-state index contributed by atoms with van der Waals surface area (Å²) in [4.78, 5) is 30.2. The molecule has 25 heavy (non-hydrogen) atoms. The van der Waals surface area contributed by atoms with Crippen molar-refractivity contribution in [3.05, 3.63) is 48.5 Å². The zero-order valence-corrected chi connectivity index (χ0v) is 14.5. The topological polar surface area (TPSA) is 62.2 Å². The molecule has 1 amide bonds. The van der Waals surface area contributed by atoms with E-state index in [-0.39, 0.29) is 11.5 Å². The maximum atomic E-state index is 13.0. The van der Waals surface area contributed by atoms with Crippen LogP contribution in [0.25, 0.3) is 0 Å². The Labute approximate surface area is 147 Å². The van der Waals surface area contributed by atoms with Gasteiger partial charge in [0.15, 0.2) is 0 Å². The number of rotatable bonds is 3. The summed E-state index contributed by atoms with van der Waals surface area (Å²) in [5.74, 6) is 1.06. The van der Waals surface area contributed by atoms with E-state index in [9.17, 15) is 4.79 Å². The maximum absolute atomic E-state index is 13.0. The van der Waals surface area contributed by atoms with E-state index in [0.717, 1.165) is 50.4 Å². The molecule has 2 fully saturated rings. The van der Waals surface area contributed by atoms with Gasteiger partial charge in [-0.2, -0.15) is 0 Å². The Morgan fingerprint density at radius 1 is 1.08 bits per heavy atom. The van der Waals surface area contributed by atoms with Crippen LogP contribution >= 0.6 is 0 Å². The average molecular weight is 337 g/mol. The second-order valence-electron chi connectivity index (χ2n) is 7.12. The summed E-state index contributed by atoms with van der Waals surface area (Å²) in [5.41, 5.74) is 0.832. The number of amides is 1. The number of pyridine rings is 1. The number of likely N-dealkylation sites (tertiary alicyclic amines) is 1. The van der Waals surface area contributed by atoms with Gasteiger partial charge in [0.1, 0.15) is 0 Å². The smallest absolute Gasteiger partial charge is 0.229 e. The molecule has 2 aliphatic heterocycles. The molecule has 0 radical (unpaired) electrons. The summed E-state index contributed by atoms with van der Waals surface area (Å²) in [7, 11) is 1.94. The van der Waals surface area contributed by atoms with Crippen molar-refractivity contribution in [1.82, 2.24) is 19.9 Å². The van der Waals surface area contributed by atoms with Gasteiger partial charge in [-0.25, -0.2) is 9.97 Å². The van der Waals surface area contributed by atoms with Gasteiger partial charge in [-0.3, -0.25) is 9.78 Å². The summed E-state index contributed by atoms with van der Waals surface area (Å²) in [6.45, 7) is 1.67. The lowest BCUT2D eigenvalue weighted by atomic mass is 9.75. The van der Waals surface area contributed by atoms with Crippen molar-refractivity contribution < 1.29 is 4.79 Å². The molecule has 0 aromatic carbocycles. The number of likely N-dealkylation sites (N-methyl/N-ethyl adjacent to an activating group) is 1. The molecule has 2 aliphatic rings. The Morgan fingerprint density at radius 2 is 1.80 bits per heavy atom.